The van der Waals surface area contributed by atoms with Crippen LogP contribution in [-0.4, -0.2) is 67.1 Å². The van der Waals surface area contributed by atoms with Crippen molar-refractivity contribution in [1.82, 2.24) is 10.2 Å². The number of rotatable bonds is 7. The van der Waals surface area contributed by atoms with E-state index in [-0.39, 0.29) is 19.1 Å². The Hall–Kier alpha value is -1.83. The minimum Gasteiger partial charge on any atom is -0.493 e. The Morgan fingerprint density at radius 1 is 1.24 bits per heavy atom. The van der Waals surface area contributed by atoms with Gasteiger partial charge in [-0.2, -0.15) is 0 Å². The average Bonchev–Trinajstić information content (AvgIpc) is 2.82. The number of likely N-dealkylation sites (tertiary alicyclic amines) is 1. The van der Waals surface area contributed by atoms with E-state index in [0.717, 1.165) is 18.5 Å². The van der Waals surface area contributed by atoms with Crippen molar-refractivity contribution in [2.45, 2.75) is 31.4 Å². The number of benzene rings is 1. The molecule has 0 radical (unpaired) electrons. The van der Waals surface area contributed by atoms with E-state index in [0.29, 0.717) is 37.4 Å². The van der Waals surface area contributed by atoms with Crippen LogP contribution in [0.1, 0.15) is 24.8 Å². The Morgan fingerprint density at radius 3 is 2.68 bits per heavy atom. The third-order valence-corrected chi connectivity index (χ3v) is 4.61. The van der Waals surface area contributed by atoms with Crippen LogP contribution in [0.25, 0.3) is 0 Å². The molecule has 1 aromatic carbocycles. The molecule has 7 nitrogen and oxygen atoms in total. The van der Waals surface area contributed by atoms with E-state index in [4.69, 9.17) is 9.47 Å². The monoisotopic (exact) mass is 352 g/mol. The fourth-order valence-electron chi connectivity index (χ4n) is 3.00. The Bertz CT molecular complexity index is 581. The zero-order valence-electron chi connectivity index (χ0n) is 15.0. The van der Waals surface area contributed by atoms with Gasteiger partial charge in [0.15, 0.2) is 11.5 Å². The fourth-order valence-corrected chi connectivity index (χ4v) is 3.00. The molecule has 0 saturated carbocycles. The SMILES string of the molecule is COc1ccc(CNC(=O)CN2CCC[C@](O)(CO)CC2)cc1OC. The van der Waals surface area contributed by atoms with Crippen LogP contribution in [0.5, 0.6) is 11.5 Å². The molecule has 0 aliphatic carbocycles. The molecule has 7 heteroatoms. The number of hydrogen-bond donors (Lipinski definition) is 3. The standard InChI is InChI=1S/C18H28N2O5/c1-24-15-5-4-14(10-16(15)25-2)11-19-17(22)12-20-8-3-6-18(23,13-21)7-9-20/h4-5,10,21,23H,3,6-9,11-13H2,1-2H3,(H,19,22)/t18-/m1/s1. The van der Waals surface area contributed by atoms with E-state index in [1.54, 1.807) is 14.2 Å². The van der Waals surface area contributed by atoms with Gasteiger partial charge in [0.1, 0.15) is 0 Å². The van der Waals surface area contributed by atoms with Crippen LogP contribution in [0.3, 0.4) is 0 Å². The molecule has 1 saturated heterocycles. The van der Waals surface area contributed by atoms with Gasteiger partial charge in [-0.1, -0.05) is 6.07 Å². The third-order valence-electron chi connectivity index (χ3n) is 4.61. The fraction of sp³-hybridized carbons (Fsp3) is 0.611. The Balaban J connectivity index is 1.83. The van der Waals surface area contributed by atoms with Crippen molar-refractivity contribution >= 4 is 5.91 Å². The van der Waals surface area contributed by atoms with Gasteiger partial charge in [-0.25, -0.2) is 0 Å². The van der Waals surface area contributed by atoms with Gasteiger partial charge in [-0.3, -0.25) is 9.69 Å². The summed E-state index contributed by atoms with van der Waals surface area (Å²) in [7, 11) is 3.16. The van der Waals surface area contributed by atoms with Crippen LogP contribution in [0.4, 0.5) is 0 Å². The van der Waals surface area contributed by atoms with Gasteiger partial charge in [0.05, 0.1) is 33.0 Å². The summed E-state index contributed by atoms with van der Waals surface area (Å²) >= 11 is 0. The lowest BCUT2D eigenvalue weighted by Crippen LogP contribution is -2.39. The molecular weight excluding hydrogens is 324 g/mol. The summed E-state index contributed by atoms with van der Waals surface area (Å²) in [6, 6.07) is 5.53. The Kier molecular flexibility index (Phi) is 7.04. The topological polar surface area (TPSA) is 91.3 Å². The molecule has 1 atom stereocenters. The van der Waals surface area contributed by atoms with Crippen molar-refractivity contribution in [2.75, 3.05) is 40.5 Å². The van der Waals surface area contributed by atoms with Crippen LogP contribution in [-0.2, 0) is 11.3 Å². The van der Waals surface area contributed by atoms with Gasteiger partial charge in [0.25, 0.3) is 0 Å². The molecule has 2 rings (SSSR count). The number of carbonyl (C=O) groups excluding carboxylic acids is 1. The second-order valence-corrected chi connectivity index (χ2v) is 6.48. The van der Waals surface area contributed by atoms with Crippen molar-refractivity contribution < 1.29 is 24.5 Å². The van der Waals surface area contributed by atoms with Crippen LogP contribution in [0.15, 0.2) is 18.2 Å². The van der Waals surface area contributed by atoms with Gasteiger partial charge in [-0.05, 0) is 43.5 Å². The van der Waals surface area contributed by atoms with E-state index >= 15 is 0 Å². The van der Waals surface area contributed by atoms with E-state index < -0.39 is 5.60 Å². The first-order valence-corrected chi connectivity index (χ1v) is 8.53. The van der Waals surface area contributed by atoms with Crippen molar-refractivity contribution in [3.63, 3.8) is 0 Å². The molecule has 1 amide bonds. The van der Waals surface area contributed by atoms with E-state index in [1.165, 1.54) is 0 Å². The lowest BCUT2D eigenvalue weighted by Gasteiger charge is -2.24. The molecule has 1 aromatic rings. The maximum atomic E-state index is 12.2. The molecule has 0 aromatic heterocycles. The largest absolute Gasteiger partial charge is 0.493 e. The lowest BCUT2D eigenvalue weighted by atomic mass is 9.96. The minimum atomic E-state index is -1.01. The second kappa shape index (κ2) is 9.03. The molecule has 1 aliphatic rings. The van der Waals surface area contributed by atoms with Gasteiger partial charge < -0.3 is 25.0 Å². The number of carbonyl (C=O) groups is 1. The van der Waals surface area contributed by atoms with E-state index in [2.05, 4.69) is 5.32 Å². The summed E-state index contributed by atoms with van der Waals surface area (Å²) in [4.78, 5) is 14.2. The lowest BCUT2D eigenvalue weighted by molar-refractivity contribution is -0.122. The van der Waals surface area contributed by atoms with Crippen LogP contribution in [0, 0.1) is 0 Å². The number of nitrogens with zero attached hydrogens (tertiary/aromatic N) is 1. The van der Waals surface area contributed by atoms with Crippen molar-refractivity contribution in [3.8, 4) is 11.5 Å². The summed E-state index contributed by atoms with van der Waals surface area (Å²) in [6.07, 6.45) is 1.81. The number of hydrogen-bond acceptors (Lipinski definition) is 6. The Labute approximate surface area is 148 Å². The van der Waals surface area contributed by atoms with Crippen LogP contribution >= 0.6 is 0 Å². The molecule has 0 spiro atoms. The van der Waals surface area contributed by atoms with Crippen LogP contribution < -0.4 is 14.8 Å². The molecule has 1 fully saturated rings. The van der Waals surface area contributed by atoms with Gasteiger partial charge >= 0.3 is 0 Å². The van der Waals surface area contributed by atoms with E-state index in [9.17, 15) is 15.0 Å². The summed E-state index contributed by atoms with van der Waals surface area (Å²) < 4.78 is 10.5. The summed E-state index contributed by atoms with van der Waals surface area (Å²) in [5.41, 5.74) is -0.0817. The number of aliphatic hydroxyl groups is 2. The summed E-state index contributed by atoms with van der Waals surface area (Å²) in [5, 5.41) is 22.3. The van der Waals surface area contributed by atoms with Crippen molar-refractivity contribution in [2.24, 2.45) is 0 Å². The average molecular weight is 352 g/mol. The van der Waals surface area contributed by atoms with Gasteiger partial charge in [0, 0.05) is 13.1 Å². The highest BCUT2D eigenvalue weighted by Crippen LogP contribution is 2.27. The van der Waals surface area contributed by atoms with Crippen LogP contribution in [0.2, 0.25) is 0 Å². The maximum absolute atomic E-state index is 12.2. The smallest absolute Gasteiger partial charge is 0.234 e. The zero-order chi connectivity index (χ0) is 18.3. The Morgan fingerprint density at radius 2 is 2.00 bits per heavy atom. The highest BCUT2D eigenvalue weighted by Gasteiger charge is 2.29. The quantitative estimate of drug-likeness (QED) is 0.663. The summed E-state index contributed by atoms with van der Waals surface area (Å²) in [6.45, 7) is 1.81. The number of ether oxygens (including phenoxy) is 2. The molecule has 1 aliphatic heterocycles. The molecule has 25 heavy (non-hydrogen) atoms. The number of methoxy groups -OCH3 is 2. The molecular formula is C18H28N2O5. The molecule has 0 bridgehead atoms. The predicted molar refractivity (Wildman–Crippen MR) is 93.7 cm³/mol. The number of nitrogens with one attached hydrogen (secondary N) is 1. The van der Waals surface area contributed by atoms with Crippen molar-refractivity contribution in [1.29, 1.82) is 0 Å². The predicted octanol–water partition coefficient (Wildman–Crippen LogP) is 0.529. The number of amides is 1. The minimum absolute atomic E-state index is 0.0655. The van der Waals surface area contributed by atoms with Crippen molar-refractivity contribution in [3.05, 3.63) is 23.8 Å². The number of aliphatic hydroxyl groups excluding tert-OH is 1. The second-order valence-electron chi connectivity index (χ2n) is 6.48. The molecule has 1 heterocycles. The highest BCUT2D eigenvalue weighted by atomic mass is 16.5. The normalized spacial score (nSPS) is 21.4. The zero-order valence-corrected chi connectivity index (χ0v) is 15.0. The molecule has 140 valence electrons. The summed E-state index contributed by atoms with van der Waals surface area (Å²) in [5.74, 6) is 1.22. The van der Waals surface area contributed by atoms with Gasteiger partial charge in [-0.15, -0.1) is 0 Å². The highest BCUT2D eigenvalue weighted by molar-refractivity contribution is 5.78. The molecule has 3 N–H and O–H groups in total. The first kappa shape index (κ1) is 19.5. The van der Waals surface area contributed by atoms with Gasteiger partial charge in [0.2, 0.25) is 5.91 Å². The maximum Gasteiger partial charge on any atom is 0.234 e. The first-order valence-electron chi connectivity index (χ1n) is 8.53. The van der Waals surface area contributed by atoms with E-state index in [1.807, 2.05) is 23.1 Å². The molecule has 0 unspecified atom stereocenters. The first-order chi connectivity index (χ1) is 12.0. The third kappa shape index (κ3) is 5.59.